The summed E-state index contributed by atoms with van der Waals surface area (Å²) in [6.45, 7) is 0. The number of rotatable bonds is 6. The first kappa shape index (κ1) is 14.7. The van der Waals surface area contributed by atoms with Gasteiger partial charge >= 0.3 is 0 Å². The number of hydrogen-bond donors (Lipinski definition) is 0. The number of benzene rings is 2. The zero-order chi connectivity index (χ0) is 15.2. The van der Waals surface area contributed by atoms with Crippen LogP contribution in [0.25, 0.3) is 0 Å². The zero-order valence-corrected chi connectivity index (χ0v) is 13.0. The van der Waals surface area contributed by atoms with Gasteiger partial charge in [-0.15, -0.1) is 10.2 Å². The molecule has 0 aliphatic rings. The minimum atomic E-state index is 0.604. The average Bonchev–Trinajstić information content (AvgIpc) is 3.02. The lowest BCUT2D eigenvalue weighted by atomic mass is 10.1. The molecule has 0 aliphatic heterocycles. The van der Waals surface area contributed by atoms with Gasteiger partial charge < -0.3 is 9.15 Å². The van der Waals surface area contributed by atoms with Crippen LogP contribution in [0.2, 0.25) is 0 Å². The van der Waals surface area contributed by atoms with E-state index in [2.05, 4.69) is 22.3 Å². The van der Waals surface area contributed by atoms with Crippen LogP contribution in [0.1, 0.15) is 17.0 Å². The highest BCUT2D eigenvalue weighted by atomic mass is 32.2. The second-order valence-corrected chi connectivity index (χ2v) is 5.69. The Morgan fingerprint density at radius 2 is 1.73 bits per heavy atom. The summed E-state index contributed by atoms with van der Waals surface area (Å²) in [7, 11) is 1.66. The maximum Gasteiger partial charge on any atom is 0.276 e. The van der Waals surface area contributed by atoms with E-state index in [0.717, 1.165) is 17.1 Å². The Hall–Kier alpha value is -2.27. The molecule has 0 saturated carbocycles. The van der Waals surface area contributed by atoms with E-state index in [9.17, 15) is 0 Å². The predicted molar refractivity (Wildman–Crippen MR) is 86.1 cm³/mol. The Morgan fingerprint density at radius 3 is 2.45 bits per heavy atom. The van der Waals surface area contributed by atoms with E-state index in [-0.39, 0.29) is 0 Å². The average molecular weight is 312 g/mol. The quantitative estimate of drug-likeness (QED) is 0.645. The van der Waals surface area contributed by atoms with E-state index in [4.69, 9.17) is 9.15 Å². The van der Waals surface area contributed by atoms with E-state index in [1.54, 1.807) is 18.9 Å². The molecule has 0 unspecified atom stereocenters. The van der Waals surface area contributed by atoms with Gasteiger partial charge in [-0.05, 0) is 23.3 Å². The van der Waals surface area contributed by atoms with Crippen molar-refractivity contribution in [3.63, 3.8) is 0 Å². The van der Waals surface area contributed by atoms with Crippen molar-refractivity contribution in [3.05, 3.63) is 71.6 Å². The molecule has 3 rings (SSSR count). The van der Waals surface area contributed by atoms with Crippen LogP contribution in [-0.2, 0) is 12.2 Å². The molecule has 0 bridgehead atoms. The third kappa shape index (κ3) is 3.89. The number of aromatic nitrogens is 2. The summed E-state index contributed by atoms with van der Waals surface area (Å²) < 4.78 is 10.8. The van der Waals surface area contributed by atoms with Crippen LogP contribution in [0.4, 0.5) is 0 Å². The zero-order valence-electron chi connectivity index (χ0n) is 12.2. The molecule has 4 nitrogen and oxygen atoms in total. The van der Waals surface area contributed by atoms with Gasteiger partial charge in [0.05, 0.1) is 13.5 Å². The highest BCUT2D eigenvalue weighted by Gasteiger charge is 2.08. The van der Waals surface area contributed by atoms with Crippen molar-refractivity contribution in [2.75, 3.05) is 7.11 Å². The molecular weight excluding hydrogens is 296 g/mol. The Bertz CT molecular complexity index is 711. The van der Waals surface area contributed by atoms with Gasteiger partial charge in [-0.25, -0.2) is 0 Å². The highest BCUT2D eigenvalue weighted by Crippen LogP contribution is 2.22. The molecule has 112 valence electrons. The van der Waals surface area contributed by atoms with Crippen LogP contribution in [-0.4, -0.2) is 17.3 Å². The van der Waals surface area contributed by atoms with Gasteiger partial charge in [0.25, 0.3) is 5.22 Å². The van der Waals surface area contributed by atoms with Gasteiger partial charge in [0, 0.05) is 5.75 Å². The second-order valence-electron chi connectivity index (χ2n) is 4.76. The summed E-state index contributed by atoms with van der Waals surface area (Å²) in [5.74, 6) is 2.29. The predicted octanol–water partition coefficient (Wildman–Crippen LogP) is 3.96. The number of methoxy groups -OCH3 is 1. The molecule has 0 N–H and O–H groups in total. The Morgan fingerprint density at radius 1 is 0.955 bits per heavy atom. The minimum Gasteiger partial charge on any atom is -0.497 e. The van der Waals surface area contributed by atoms with E-state index in [1.165, 1.54) is 5.56 Å². The molecule has 0 spiro atoms. The Balaban J connectivity index is 1.58. The molecule has 0 aliphatic carbocycles. The van der Waals surface area contributed by atoms with Crippen molar-refractivity contribution < 1.29 is 9.15 Å². The summed E-state index contributed by atoms with van der Waals surface area (Å²) in [5, 5.41) is 8.78. The molecular formula is C17H16N2O2S. The van der Waals surface area contributed by atoms with Gasteiger partial charge in [-0.2, -0.15) is 0 Å². The van der Waals surface area contributed by atoms with Crippen molar-refractivity contribution in [3.8, 4) is 5.75 Å². The normalized spacial score (nSPS) is 10.6. The first-order valence-electron chi connectivity index (χ1n) is 6.95. The molecule has 0 fully saturated rings. The molecule has 0 radical (unpaired) electrons. The SMILES string of the molecule is COc1ccc(Cc2nnc(SCc3ccccc3)o2)cc1. The fourth-order valence-electron chi connectivity index (χ4n) is 2.01. The van der Waals surface area contributed by atoms with Crippen LogP contribution >= 0.6 is 11.8 Å². The lowest BCUT2D eigenvalue weighted by molar-refractivity contribution is 0.413. The summed E-state index contributed by atoms with van der Waals surface area (Å²) in [6.07, 6.45) is 0.628. The van der Waals surface area contributed by atoms with Crippen molar-refractivity contribution in [2.45, 2.75) is 17.4 Å². The number of nitrogens with zero attached hydrogens (tertiary/aromatic N) is 2. The Labute approximate surface area is 133 Å². The molecule has 3 aromatic rings. The number of hydrogen-bond acceptors (Lipinski definition) is 5. The van der Waals surface area contributed by atoms with E-state index < -0.39 is 0 Å². The largest absolute Gasteiger partial charge is 0.497 e. The first-order valence-corrected chi connectivity index (χ1v) is 7.94. The number of ether oxygens (including phenoxy) is 1. The summed E-state index contributed by atoms with van der Waals surface area (Å²) >= 11 is 1.55. The minimum absolute atomic E-state index is 0.604. The van der Waals surface area contributed by atoms with Crippen molar-refractivity contribution >= 4 is 11.8 Å². The van der Waals surface area contributed by atoms with Crippen LogP contribution in [0.15, 0.2) is 64.2 Å². The maximum absolute atomic E-state index is 5.68. The van der Waals surface area contributed by atoms with Gasteiger partial charge in [0.1, 0.15) is 5.75 Å². The standard InChI is InChI=1S/C17H16N2O2S/c1-20-15-9-7-13(8-10-15)11-16-18-19-17(21-16)22-12-14-5-3-2-4-6-14/h2-10H,11-12H2,1H3. The monoisotopic (exact) mass is 312 g/mol. The molecule has 0 atom stereocenters. The van der Waals surface area contributed by atoms with Crippen LogP contribution in [0, 0.1) is 0 Å². The molecule has 0 amide bonds. The van der Waals surface area contributed by atoms with Crippen LogP contribution < -0.4 is 4.74 Å². The van der Waals surface area contributed by atoms with Gasteiger partial charge in [0.15, 0.2) is 0 Å². The van der Waals surface area contributed by atoms with E-state index in [1.807, 2.05) is 42.5 Å². The molecule has 1 aromatic heterocycles. The van der Waals surface area contributed by atoms with E-state index in [0.29, 0.717) is 17.5 Å². The first-order chi connectivity index (χ1) is 10.8. The Kier molecular flexibility index (Phi) is 4.75. The second kappa shape index (κ2) is 7.13. The lowest BCUT2D eigenvalue weighted by Crippen LogP contribution is -1.89. The highest BCUT2D eigenvalue weighted by molar-refractivity contribution is 7.98. The van der Waals surface area contributed by atoms with Gasteiger partial charge in [-0.3, -0.25) is 0 Å². The lowest BCUT2D eigenvalue weighted by Gasteiger charge is -2.00. The molecule has 5 heteroatoms. The van der Waals surface area contributed by atoms with Crippen molar-refractivity contribution in [1.82, 2.24) is 10.2 Å². The number of thioether (sulfide) groups is 1. The molecule has 1 heterocycles. The smallest absolute Gasteiger partial charge is 0.276 e. The third-order valence-electron chi connectivity index (χ3n) is 3.17. The summed E-state index contributed by atoms with van der Waals surface area (Å²) in [5.41, 5.74) is 2.35. The third-order valence-corrected chi connectivity index (χ3v) is 4.06. The molecule has 2 aromatic carbocycles. The van der Waals surface area contributed by atoms with Crippen molar-refractivity contribution in [1.29, 1.82) is 0 Å². The molecule has 0 saturated heterocycles. The summed E-state index contributed by atoms with van der Waals surface area (Å²) in [4.78, 5) is 0. The summed E-state index contributed by atoms with van der Waals surface area (Å²) in [6, 6.07) is 18.1. The molecule has 22 heavy (non-hydrogen) atoms. The van der Waals surface area contributed by atoms with Crippen LogP contribution in [0.3, 0.4) is 0 Å². The van der Waals surface area contributed by atoms with Gasteiger partial charge in [-0.1, -0.05) is 54.2 Å². The van der Waals surface area contributed by atoms with Gasteiger partial charge in [0.2, 0.25) is 5.89 Å². The topological polar surface area (TPSA) is 48.2 Å². The fourth-order valence-corrected chi connectivity index (χ4v) is 2.74. The van der Waals surface area contributed by atoms with Crippen LogP contribution in [0.5, 0.6) is 5.75 Å². The fraction of sp³-hybridized carbons (Fsp3) is 0.176. The van der Waals surface area contributed by atoms with E-state index >= 15 is 0 Å². The maximum atomic E-state index is 5.68. The van der Waals surface area contributed by atoms with Crippen molar-refractivity contribution in [2.24, 2.45) is 0 Å².